The van der Waals surface area contributed by atoms with Crippen LogP contribution in [0.25, 0.3) is 11.1 Å². The van der Waals surface area contributed by atoms with E-state index in [4.69, 9.17) is 0 Å². The molecule has 0 atom stereocenters. The van der Waals surface area contributed by atoms with Crippen molar-refractivity contribution in [3.05, 3.63) is 126 Å². The Labute approximate surface area is 292 Å². The van der Waals surface area contributed by atoms with Crippen LogP contribution in [0.5, 0.6) is 0 Å². The molecule has 0 amide bonds. The van der Waals surface area contributed by atoms with Crippen molar-refractivity contribution in [1.82, 2.24) is 0 Å². The molecule has 0 fully saturated rings. The molecule has 2 aromatic carbocycles. The van der Waals surface area contributed by atoms with Gasteiger partial charge in [0.15, 0.2) is 0 Å². The third kappa shape index (κ3) is 8.13. The van der Waals surface area contributed by atoms with Crippen LogP contribution in [0.4, 0.5) is 0 Å². The van der Waals surface area contributed by atoms with Crippen LogP contribution in [0.3, 0.4) is 0 Å². The van der Waals surface area contributed by atoms with Gasteiger partial charge in [-0.1, -0.05) is 0 Å². The zero-order valence-electron chi connectivity index (χ0n) is 29.3. The third-order valence-corrected chi connectivity index (χ3v) is 30.7. The van der Waals surface area contributed by atoms with Crippen molar-refractivity contribution in [2.24, 2.45) is 0 Å². The first-order valence-corrected chi connectivity index (χ1v) is 38.5. The molecule has 0 saturated heterocycles. The summed E-state index contributed by atoms with van der Waals surface area (Å²) < 4.78 is 5.96. The molecule has 236 valence electrons. The van der Waals surface area contributed by atoms with Crippen LogP contribution in [-0.4, -0.2) is 36.8 Å². The third-order valence-electron chi connectivity index (χ3n) is 8.36. The van der Waals surface area contributed by atoms with Crippen LogP contribution in [0.1, 0.15) is 73.6 Å². The number of benzene rings is 2. The normalized spacial score (nSPS) is 14.5. The molecule has 0 nitrogen and oxygen atoms in total. The molecule has 0 bridgehead atoms. The van der Waals surface area contributed by atoms with E-state index in [0.717, 1.165) is 0 Å². The molecule has 0 spiro atoms. The van der Waals surface area contributed by atoms with Gasteiger partial charge in [0.1, 0.15) is 0 Å². The number of rotatable bonds is 6. The fraction of sp³-hybridized carbons (Fsp3) is 0.350. The summed E-state index contributed by atoms with van der Waals surface area (Å²) >= 11 is 1.61. The minimum absolute atomic E-state index is 0.134. The Balaban J connectivity index is 1.79. The second-order valence-electron chi connectivity index (χ2n) is 16.4. The molecular weight excluding hydrogens is 814 g/mol. The first kappa shape index (κ1) is 35.2. The van der Waals surface area contributed by atoms with E-state index in [1.165, 1.54) is 52.2 Å². The molecule has 3 aromatic heterocycles. The molecule has 0 aliphatic carbocycles. The monoisotopic (exact) mass is 866 g/mol. The van der Waals surface area contributed by atoms with E-state index in [1.54, 1.807) is 5.79 Å². The Hall–Kier alpha value is -1.12. The van der Waals surface area contributed by atoms with Crippen LogP contribution < -0.4 is 14.9 Å². The first-order valence-electron chi connectivity index (χ1n) is 16.1. The average molecular weight is 864 g/mol. The van der Waals surface area contributed by atoms with Crippen LogP contribution in [0.15, 0.2) is 84.9 Å². The Morgan fingerprint density at radius 2 is 0.756 bits per heavy atom. The molecule has 5 heteroatoms. The van der Waals surface area contributed by atoms with E-state index in [9.17, 15) is 0 Å². The number of hydrogen-bond acceptors (Lipinski definition) is 3. The molecule has 0 unspecified atom stereocenters. The molecule has 0 saturated carbocycles. The SMILES string of the molecule is CC(C)(C)c1ccc(/C(c2cc[c]([Sn]([CH3])([CH3])[CH3])s2)=c2\cc/c(=C(/c3ccc(C(C)(C)C)cc3)c3cc[c]([Sn]([CH3])([CH3])[CH3])s3)s2)cc1. The van der Waals surface area contributed by atoms with Crippen molar-refractivity contribution in [1.29, 1.82) is 0 Å². The molecule has 0 radical (unpaired) electrons. The van der Waals surface area contributed by atoms with Gasteiger partial charge in [-0.3, -0.25) is 0 Å². The molecule has 0 N–H and O–H groups in total. The van der Waals surface area contributed by atoms with E-state index < -0.39 is 36.8 Å². The van der Waals surface area contributed by atoms with Gasteiger partial charge in [-0.15, -0.1) is 0 Å². The fourth-order valence-corrected chi connectivity index (χ4v) is 19.5. The average Bonchev–Trinajstić information content (AvgIpc) is 3.71. The first-order chi connectivity index (χ1) is 20.8. The topological polar surface area (TPSA) is 0 Å². The van der Waals surface area contributed by atoms with Crippen LogP contribution >= 0.6 is 34.0 Å². The molecule has 5 rings (SSSR count). The maximum atomic E-state index is 2.52. The summed E-state index contributed by atoms with van der Waals surface area (Å²) in [5.41, 5.74) is 8.39. The Morgan fingerprint density at radius 3 is 1.02 bits per heavy atom. The van der Waals surface area contributed by atoms with E-state index in [-0.39, 0.29) is 10.8 Å². The van der Waals surface area contributed by atoms with Crippen molar-refractivity contribution in [3.8, 4) is 0 Å². The summed E-state index contributed by atoms with van der Waals surface area (Å²) in [6.45, 7) is 13.8. The summed E-state index contributed by atoms with van der Waals surface area (Å²) in [5.74, 6) is 0. The van der Waals surface area contributed by atoms with Crippen molar-refractivity contribution in [3.63, 3.8) is 0 Å². The zero-order valence-corrected chi connectivity index (χ0v) is 37.5. The molecule has 5 aromatic rings. The standard InChI is InChI=1S/C34H32S3.6CH3.2Sn/c1-33(2,3)25-15-11-23(12-16-25)31(27-9-7-21-35-27)29-19-20-30(37-29)32(28-10-8-22-36-28)24-13-17-26(18-14-24)34(4,5)6;;;;;;;;/h7-20H,1-6H3;6*1H3;;/b31-29-,32-30+;;;;;;;;. The van der Waals surface area contributed by atoms with Gasteiger partial charge < -0.3 is 0 Å². The van der Waals surface area contributed by atoms with Crippen LogP contribution in [0, 0.1) is 0 Å². The second-order valence-corrected chi connectivity index (χ2v) is 50.5. The number of thiophene rings is 3. The van der Waals surface area contributed by atoms with E-state index >= 15 is 0 Å². The molecular formula is C40H50S3Sn2. The Kier molecular flexibility index (Phi) is 10.2. The summed E-state index contributed by atoms with van der Waals surface area (Å²) in [6.07, 6.45) is 0. The number of hydrogen-bond donors (Lipinski definition) is 0. The predicted molar refractivity (Wildman–Crippen MR) is 212 cm³/mol. The predicted octanol–water partition coefficient (Wildman–Crippen LogP) is 10.1. The van der Waals surface area contributed by atoms with E-state index in [2.05, 4.69) is 156 Å². The summed E-state index contributed by atoms with van der Waals surface area (Å²) in [7, 11) is 0. The van der Waals surface area contributed by atoms with E-state index in [0.29, 0.717) is 0 Å². The second kappa shape index (κ2) is 13.1. The quantitative estimate of drug-likeness (QED) is 0.149. The zero-order chi connectivity index (χ0) is 32.9. The van der Waals surface area contributed by atoms with Crippen molar-refractivity contribution in [2.45, 2.75) is 82.0 Å². The van der Waals surface area contributed by atoms with Crippen molar-refractivity contribution in [2.75, 3.05) is 0 Å². The summed E-state index contributed by atoms with van der Waals surface area (Å²) in [4.78, 5) is 17.9. The van der Waals surface area contributed by atoms with Gasteiger partial charge in [0.05, 0.1) is 0 Å². The minimum atomic E-state index is -2.20. The summed E-state index contributed by atoms with van der Waals surface area (Å²) in [6, 6.07) is 33.2. The molecule has 45 heavy (non-hydrogen) atoms. The van der Waals surface area contributed by atoms with Gasteiger partial charge in [-0.25, -0.2) is 0 Å². The van der Waals surface area contributed by atoms with Crippen LogP contribution in [-0.2, 0) is 10.8 Å². The molecule has 3 heterocycles. The molecule has 0 aliphatic rings. The van der Waals surface area contributed by atoms with Gasteiger partial charge in [0.2, 0.25) is 0 Å². The Bertz CT molecular complexity index is 1760. The summed E-state index contributed by atoms with van der Waals surface area (Å²) in [5, 5.41) is 0. The van der Waals surface area contributed by atoms with Crippen molar-refractivity contribution >= 4 is 87.7 Å². The Morgan fingerprint density at radius 1 is 0.422 bits per heavy atom. The van der Waals surface area contributed by atoms with E-state index in [1.807, 2.05) is 34.0 Å². The van der Waals surface area contributed by atoms with Gasteiger partial charge in [-0.05, 0) is 0 Å². The van der Waals surface area contributed by atoms with Gasteiger partial charge in [0.25, 0.3) is 0 Å². The van der Waals surface area contributed by atoms with Gasteiger partial charge in [0, 0.05) is 0 Å². The fourth-order valence-electron chi connectivity index (χ4n) is 5.44. The maximum absolute atomic E-state index is 2.52. The molecule has 0 aliphatic heterocycles. The van der Waals surface area contributed by atoms with Crippen molar-refractivity contribution < 1.29 is 0 Å². The van der Waals surface area contributed by atoms with Crippen LogP contribution in [0.2, 0.25) is 29.6 Å². The van der Waals surface area contributed by atoms with Gasteiger partial charge >= 0.3 is 296 Å². The van der Waals surface area contributed by atoms with Gasteiger partial charge in [-0.2, -0.15) is 0 Å².